The molecule has 0 aliphatic carbocycles. The number of carbonyl (C=O) groups is 1. The van der Waals surface area contributed by atoms with Crippen LogP contribution in [0.3, 0.4) is 0 Å². The number of amides is 1. The molecule has 4 heteroatoms. The molecule has 2 aliphatic heterocycles. The topological polar surface area (TPSA) is 32.8 Å². The second-order valence-corrected chi connectivity index (χ2v) is 7.03. The maximum absolute atomic E-state index is 13.4. The van der Waals surface area contributed by atoms with Crippen molar-refractivity contribution in [3.05, 3.63) is 59.7 Å². The highest BCUT2D eigenvalue weighted by molar-refractivity contribution is 6.36. The van der Waals surface area contributed by atoms with Crippen molar-refractivity contribution in [2.75, 3.05) is 32.1 Å². The fraction of sp³-hybridized carbons (Fsp3) is 0.318. The van der Waals surface area contributed by atoms with Gasteiger partial charge in [-0.2, -0.15) is 0 Å². The predicted octanol–water partition coefficient (Wildman–Crippen LogP) is 3.68. The predicted molar refractivity (Wildman–Crippen MR) is 105 cm³/mol. The van der Waals surface area contributed by atoms with Gasteiger partial charge in [-0.3, -0.25) is 4.79 Å². The molecular formula is C22H24N2O2. The molecule has 2 aromatic carbocycles. The minimum Gasteiger partial charge on any atom is -0.496 e. The maximum Gasteiger partial charge on any atom is 0.259 e. The normalized spacial score (nSPS) is 19.8. The van der Waals surface area contributed by atoms with E-state index in [1.54, 1.807) is 7.11 Å². The number of anilines is 1. The average Bonchev–Trinajstić information content (AvgIpc) is 2.95. The number of carbonyl (C=O) groups excluding carboxylic acids is 1. The molecule has 0 N–H and O–H groups in total. The molecule has 0 atom stereocenters. The number of methoxy groups -OCH3 is 1. The average molecular weight is 348 g/mol. The molecule has 4 nitrogen and oxygen atoms in total. The zero-order valence-electron chi connectivity index (χ0n) is 15.3. The number of nitrogens with zero attached hydrogens (tertiary/aromatic N) is 2. The molecule has 0 radical (unpaired) electrons. The van der Waals surface area contributed by atoms with Gasteiger partial charge in [-0.15, -0.1) is 0 Å². The van der Waals surface area contributed by atoms with Crippen LogP contribution in [-0.4, -0.2) is 44.1 Å². The lowest BCUT2D eigenvalue weighted by Crippen LogP contribution is -2.45. The number of likely N-dealkylation sites (tertiary alicyclic amines) is 1. The quantitative estimate of drug-likeness (QED) is 0.794. The minimum absolute atomic E-state index is 0.103. The van der Waals surface area contributed by atoms with Crippen LogP contribution in [0.5, 0.6) is 5.75 Å². The van der Waals surface area contributed by atoms with E-state index < -0.39 is 0 Å². The van der Waals surface area contributed by atoms with Crippen LogP contribution in [0.2, 0.25) is 0 Å². The van der Waals surface area contributed by atoms with Crippen LogP contribution in [0.15, 0.2) is 48.5 Å². The third-order valence-electron chi connectivity index (χ3n) is 5.39. The summed E-state index contributed by atoms with van der Waals surface area (Å²) in [6.07, 6.45) is 3.99. The highest BCUT2D eigenvalue weighted by atomic mass is 16.5. The van der Waals surface area contributed by atoms with E-state index in [1.165, 1.54) is 0 Å². The number of fused-ring (bicyclic) bond motifs is 1. The summed E-state index contributed by atoms with van der Waals surface area (Å²) < 4.78 is 5.46. The molecule has 0 spiro atoms. The van der Waals surface area contributed by atoms with Crippen molar-refractivity contribution in [2.24, 2.45) is 0 Å². The molecule has 26 heavy (non-hydrogen) atoms. The Morgan fingerprint density at radius 2 is 1.73 bits per heavy atom. The zero-order chi connectivity index (χ0) is 18.1. The molecule has 2 aromatic rings. The number of benzene rings is 2. The Kier molecular flexibility index (Phi) is 4.51. The molecule has 1 amide bonds. The van der Waals surface area contributed by atoms with Gasteiger partial charge in [0.25, 0.3) is 5.91 Å². The summed E-state index contributed by atoms with van der Waals surface area (Å²) in [6.45, 7) is 2.06. The largest absolute Gasteiger partial charge is 0.496 e. The van der Waals surface area contributed by atoms with Gasteiger partial charge in [0.15, 0.2) is 0 Å². The van der Waals surface area contributed by atoms with Gasteiger partial charge in [0.05, 0.1) is 12.8 Å². The number of hydrogen-bond acceptors (Lipinski definition) is 3. The van der Waals surface area contributed by atoms with Gasteiger partial charge in [0.1, 0.15) is 5.75 Å². The SMILES string of the molecule is COc1ccccc1/C=C1\C(=O)N(C2CCN(C)CC2)c2ccccc21. The Hall–Kier alpha value is -2.59. The third kappa shape index (κ3) is 2.90. The van der Waals surface area contributed by atoms with Crippen LogP contribution >= 0.6 is 0 Å². The van der Waals surface area contributed by atoms with Gasteiger partial charge in [-0.05, 0) is 51.2 Å². The number of ether oxygens (including phenoxy) is 1. The first-order valence-corrected chi connectivity index (χ1v) is 9.15. The zero-order valence-corrected chi connectivity index (χ0v) is 15.3. The Balaban J connectivity index is 1.75. The molecule has 0 aromatic heterocycles. The highest BCUT2D eigenvalue weighted by Gasteiger charge is 2.37. The first-order chi connectivity index (χ1) is 12.7. The van der Waals surface area contributed by atoms with Crippen LogP contribution in [0.1, 0.15) is 24.0 Å². The minimum atomic E-state index is 0.103. The standard InChI is InChI=1S/C22H24N2O2/c1-23-13-11-17(12-14-23)24-20-9-5-4-8-18(20)19(22(24)25)15-16-7-3-6-10-21(16)26-2/h3-10,15,17H,11-14H2,1-2H3/b19-15-. The summed E-state index contributed by atoms with van der Waals surface area (Å²) in [4.78, 5) is 17.7. The maximum atomic E-state index is 13.4. The van der Waals surface area contributed by atoms with Crippen LogP contribution in [-0.2, 0) is 4.79 Å². The Labute approximate surface area is 154 Å². The van der Waals surface area contributed by atoms with Crippen molar-refractivity contribution in [3.63, 3.8) is 0 Å². The van der Waals surface area contributed by atoms with E-state index in [2.05, 4.69) is 18.0 Å². The Morgan fingerprint density at radius 1 is 1.04 bits per heavy atom. The van der Waals surface area contributed by atoms with Crippen LogP contribution in [0.4, 0.5) is 5.69 Å². The van der Waals surface area contributed by atoms with E-state index >= 15 is 0 Å². The summed E-state index contributed by atoms with van der Waals surface area (Å²) in [5.41, 5.74) is 3.73. The van der Waals surface area contributed by atoms with Crippen molar-refractivity contribution in [1.29, 1.82) is 0 Å². The van der Waals surface area contributed by atoms with Crippen molar-refractivity contribution in [2.45, 2.75) is 18.9 Å². The van der Waals surface area contributed by atoms with Gasteiger partial charge in [-0.25, -0.2) is 0 Å². The Bertz CT molecular complexity index is 851. The fourth-order valence-electron chi connectivity index (χ4n) is 3.96. The van der Waals surface area contributed by atoms with Gasteiger partial charge in [0.2, 0.25) is 0 Å². The van der Waals surface area contributed by atoms with Crippen molar-refractivity contribution in [1.82, 2.24) is 4.90 Å². The molecule has 2 aliphatic rings. The van der Waals surface area contributed by atoms with Crippen LogP contribution in [0, 0.1) is 0 Å². The molecule has 134 valence electrons. The number of rotatable bonds is 3. The van der Waals surface area contributed by atoms with E-state index in [1.807, 2.05) is 53.4 Å². The molecule has 0 unspecified atom stereocenters. The van der Waals surface area contributed by atoms with Crippen molar-refractivity contribution in [3.8, 4) is 5.75 Å². The summed E-state index contributed by atoms with van der Waals surface area (Å²) in [5, 5.41) is 0. The monoisotopic (exact) mass is 348 g/mol. The Morgan fingerprint density at radius 3 is 2.50 bits per heavy atom. The molecule has 1 fully saturated rings. The highest BCUT2D eigenvalue weighted by Crippen LogP contribution is 2.41. The van der Waals surface area contributed by atoms with E-state index in [0.717, 1.165) is 54.1 Å². The summed E-state index contributed by atoms with van der Waals surface area (Å²) in [6, 6.07) is 16.2. The van der Waals surface area contributed by atoms with Crippen LogP contribution < -0.4 is 9.64 Å². The van der Waals surface area contributed by atoms with Crippen LogP contribution in [0.25, 0.3) is 11.6 Å². The summed E-state index contributed by atoms with van der Waals surface area (Å²) in [7, 11) is 3.80. The smallest absolute Gasteiger partial charge is 0.259 e. The number of hydrogen-bond donors (Lipinski definition) is 0. The second-order valence-electron chi connectivity index (χ2n) is 7.03. The lowest BCUT2D eigenvalue weighted by molar-refractivity contribution is -0.113. The van der Waals surface area contributed by atoms with E-state index in [9.17, 15) is 4.79 Å². The first-order valence-electron chi connectivity index (χ1n) is 9.15. The van der Waals surface area contributed by atoms with Gasteiger partial charge in [0, 0.05) is 22.7 Å². The molecular weight excluding hydrogens is 324 g/mol. The summed E-state index contributed by atoms with van der Waals surface area (Å²) in [5.74, 6) is 0.884. The summed E-state index contributed by atoms with van der Waals surface area (Å²) >= 11 is 0. The third-order valence-corrected chi connectivity index (χ3v) is 5.39. The molecule has 1 saturated heterocycles. The first kappa shape index (κ1) is 16.9. The molecule has 2 heterocycles. The molecule has 4 rings (SSSR count). The van der Waals surface area contributed by atoms with Crippen molar-refractivity contribution < 1.29 is 9.53 Å². The number of piperidine rings is 1. The number of para-hydroxylation sites is 2. The lowest BCUT2D eigenvalue weighted by Gasteiger charge is -2.35. The fourth-order valence-corrected chi connectivity index (χ4v) is 3.96. The molecule has 0 saturated carbocycles. The molecule has 0 bridgehead atoms. The van der Waals surface area contributed by atoms with E-state index in [0.29, 0.717) is 0 Å². The van der Waals surface area contributed by atoms with Crippen molar-refractivity contribution >= 4 is 23.2 Å². The second kappa shape index (κ2) is 6.96. The van der Waals surface area contributed by atoms with Gasteiger partial charge in [-0.1, -0.05) is 36.4 Å². The van der Waals surface area contributed by atoms with E-state index in [4.69, 9.17) is 4.74 Å². The van der Waals surface area contributed by atoms with Gasteiger partial charge < -0.3 is 14.5 Å². The van der Waals surface area contributed by atoms with Gasteiger partial charge >= 0.3 is 0 Å². The van der Waals surface area contributed by atoms with E-state index in [-0.39, 0.29) is 11.9 Å². The lowest BCUT2D eigenvalue weighted by atomic mass is 10.0.